The van der Waals surface area contributed by atoms with Crippen LogP contribution in [0.15, 0.2) is 33.5 Å². The highest BCUT2D eigenvalue weighted by Gasteiger charge is 1.97. The van der Waals surface area contributed by atoms with Gasteiger partial charge in [0.2, 0.25) is 0 Å². The van der Waals surface area contributed by atoms with E-state index in [2.05, 4.69) is 9.99 Å². The van der Waals surface area contributed by atoms with E-state index in [4.69, 9.17) is 4.42 Å². The first-order chi connectivity index (χ1) is 6.24. The van der Waals surface area contributed by atoms with E-state index >= 15 is 0 Å². The van der Waals surface area contributed by atoms with E-state index in [-0.39, 0.29) is 0 Å². The van der Waals surface area contributed by atoms with Crippen molar-refractivity contribution in [2.45, 2.75) is 13.8 Å². The van der Waals surface area contributed by atoms with Crippen LogP contribution in [-0.2, 0) is 4.84 Å². The zero-order chi connectivity index (χ0) is 9.68. The summed E-state index contributed by atoms with van der Waals surface area (Å²) in [6.45, 7) is 3.85. The molecule has 0 spiro atoms. The van der Waals surface area contributed by atoms with Gasteiger partial charge in [0, 0.05) is 0 Å². The van der Waals surface area contributed by atoms with Crippen LogP contribution in [0.3, 0.4) is 0 Å². The van der Waals surface area contributed by atoms with Gasteiger partial charge in [-0.15, -0.1) is 0 Å². The molecule has 0 aliphatic heterocycles. The monoisotopic (exact) mass is 179 g/mol. The van der Waals surface area contributed by atoms with Crippen molar-refractivity contribution in [2.75, 3.05) is 7.11 Å². The Labute approximate surface area is 77.7 Å². The van der Waals surface area contributed by atoms with Crippen LogP contribution in [0.4, 0.5) is 0 Å². The molecule has 0 saturated heterocycles. The molecule has 13 heavy (non-hydrogen) atoms. The lowest BCUT2D eigenvalue weighted by atomic mass is 10.2. The van der Waals surface area contributed by atoms with Crippen molar-refractivity contribution in [2.24, 2.45) is 5.16 Å². The molecule has 0 N–H and O–H groups in total. The molecule has 0 aromatic carbocycles. The number of hydrogen-bond acceptors (Lipinski definition) is 3. The highest BCUT2D eigenvalue weighted by Crippen LogP contribution is 2.08. The Morgan fingerprint density at radius 2 is 2.31 bits per heavy atom. The smallest absolute Gasteiger partial charge is 0.126 e. The molecule has 1 heterocycles. The van der Waals surface area contributed by atoms with Crippen molar-refractivity contribution >= 4 is 11.8 Å². The van der Waals surface area contributed by atoms with Gasteiger partial charge in [-0.1, -0.05) is 5.16 Å². The first-order valence-electron chi connectivity index (χ1n) is 4.04. The third-order valence-corrected chi connectivity index (χ3v) is 1.70. The first kappa shape index (κ1) is 9.58. The summed E-state index contributed by atoms with van der Waals surface area (Å²) in [5, 5.41) is 3.81. The van der Waals surface area contributed by atoms with E-state index < -0.39 is 0 Å². The lowest BCUT2D eigenvalue weighted by molar-refractivity contribution is 0.213. The largest absolute Gasteiger partial charge is 0.465 e. The van der Waals surface area contributed by atoms with Gasteiger partial charge in [0.05, 0.1) is 12.0 Å². The summed E-state index contributed by atoms with van der Waals surface area (Å²) in [5.74, 6) is 0.822. The summed E-state index contributed by atoms with van der Waals surface area (Å²) in [6, 6.07) is 3.74. The Morgan fingerprint density at radius 3 is 2.85 bits per heavy atom. The molecule has 0 aliphatic carbocycles. The number of nitrogens with zero attached hydrogens (tertiary/aromatic N) is 1. The molecule has 1 aromatic heterocycles. The van der Waals surface area contributed by atoms with E-state index in [0.717, 1.165) is 17.0 Å². The Kier molecular flexibility index (Phi) is 3.31. The lowest BCUT2D eigenvalue weighted by Crippen LogP contribution is -1.93. The van der Waals surface area contributed by atoms with Crippen molar-refractivity contribution in [3.8, 4) is 0 Å². The van der Waals surface area contributed by atoms with Crippen LogP contribution in [-0.4, -0.2) is 12.8 Å². The van der Waals surface area contributed by atoms with Gasteiger partial charge >= 0.3 is 0 Å². The summed E-state index contributed by atoms with van der Waals surface area (Å²) < 4.78 is 5.16. The van der Waals surface area contributed by atoms with Crippen molar-refractivity contribution in [3.63, 3.8) is 0 Å². The molecule has 3 heteroatoms. The maximum absolute atomic E-state index is 5.16. The van der Waals surface area contributed by atoms with Crippen LogP contribution in [0.5, 0.6) is 0 Å². The van der Waals surface area contributed by atoms with E-state index in [1.54, 1.807) is 6.26 Å². The van der Waals surface area contributed by atoms with Crippen LogP contribution in [0.1, 0.15) is 19.6 Å². The van der Waals surface area contributed by atoms with Gasteiger partial charge in [0.15, 0.2) is 0 Å². The minimum absolute atomic E-state index is 0.822. The van der Waals surface area contributed by atoms with E-state index in [0.29, 0.717) is 0 Å². The molecule has 1 aromatic rings. The van der Waals surface area contributed by atoms with Crippen molar-refractivity contribution < 1.29 is 9.25 Å². The van der Waals surface area contributed by atoms with Crippen LogP contribution in [0.25, 0.3) is 6.08 Å². The number of rotatable bonds is 3. The fourth-order valence-electron chi connectivity index (χ4n) is 0.900. The third-order valence-electron chi connectivity index (χ3n) is 1.70. The maximum atomic E-state index is 5.16. The van der Waals surface area contributed by atoms with Crippen LogP contribution in [0.2, 0.25) is 0 Å². The second kappa shape index (κ2) is 4.50. The SMILES string of the molecule is CON=C(C)C(C)=Cc1ccco1. The summed E-state index contributed by atoms with van der Waals surface area (Å²) >= 11 is 0. The molecule has 0 fully saturated rings. The third kappa shape index (κ3) is 2.78. The molecule has 0 aliphatic rings. The Bertz CT molecular complexity index is 310. The molecule has 0 bridgehead atoms. The zero-order valence-corrected chi connectivity index (χ0v) is 8.07. The van der Waals surface area contributed by atoms with Gasteiger partial charge in [-0.25, -0.2) is 0 Å². The summed E-state index contributed by atoms with van der Waals surface area (Å²) in [5.41, 5.74) is 1.87. The van der Waals surface area contributed by atoms with E-state index in [1.165, 1.54) is 7.11 Å². The van der Waals surface area contributed by atoms with Gasteiger partial charge in [0.1, 0.15) is 12.9 Å². The Balaban J connectivity index is 2.78. The second-order valence-corrected chi connectivity index (χ2v) is 2.70. The minimum Gasteiger partial charge on any atom is -0.465 e. The van der Waals surface area contributed by atoms with Crippen LogP contribution < -0.4 is 0 Å². The molecule has 70 valence electrons. The zero-order valence-electron chi connectivity index (χ0n) is 8.07. The summed E-state index contributed by atoms with van der Waals surface area (Å²) in [6.07, 6.45) is 3.56. The highest BCUT2D eigenvalue weighted by atomic mass is 16.6. The second-order valence-electron chi connectivity index (χ2n) is 2.70. The molecule has 0 atom stereocenters. The predicted octanol–water partition coefficient (Wildman–Crippen LogP) is 2.71. The van der Waals surface area contributed by atoms with Gasteiger partial charge in [-0.3, -0.25) is 0 Å². The van der Waals surface area contributed by atoms with Crippen molar-refractivity contribution in [3.05, 3.63) is 29.7 Å². The number of furan rings is 1. The van der Waals surface area contributed by atoms with E-state index in [9.17, 15) is 0 Å². The minimum atomic E-state index is 0.822. The quantitative estimate of drug-likeness (QED) is 0.528. The molecular weight excluding hydrogens is 166 g/mol. The maximum Gasteiger partial charge on any atom is 0.126 e. The first-order valence-corrected chi connectivity index (χ1v) is 4.04. The topological polar surface area (TPSA) is 34.7 Å². The Hall–Kier alpha value is -1.51. The molecule has 0 unspecified atom stereocenters. The van der Waals surface area contributed by atoms with Gasteiger partial charge in [0.25, 0.3) is 0 Å². The summed E-state index contributed by atoms with van der Waals surface area (Å²) in [7, 11) is 1.53. The number of allylic oxidation sites excluding steroid dienone is 1. The molecule has 1 rings (SSSR count). The van der Waals surface area contributed by atoms with Crippen LogP contribution >= 0.6 is 0 Å². The Morgan fingerprint density at radius 1 is 1.54 bits per heavy atom. The van der Waals surface area contributed by atoms with Gasteiger partial charge in [-0.05, 0) is 37.6 Å². The van der Waals surface area contributed by atoms with Gasteiger partial charge < -0.3 is 9.25 Å². The predicted molar refractivity (Wildman–Crippen MR) is 52.5 cm³/mol. The fourth-order valence-corrected chi connectivity index (χ4v) is 0.900. The van der Waals surface area contributed by atoms with E-state index in [1.807, 2.05) is 32.1 Å². The lowest BCUT2D eigenvalue weighted by Gasteiger charge is -1.97. The average Bonchev–Trinajstić information content (AvgIpc) is 2.57. The summed E-state index contributed by atoms with van der Waals surface area (Å²) in [4.78, 5) is 4.66. The standard InChI is InChI=1S/C10H13NO2/c1-8(9(2)11-12-3)7-10-5-4-6-13-10/h4-7H,1-3H3. The highest BCUT2D eigenvalue weighted by molar-refractivity contribution is 6.00. The number of hydrogen-bond donors (Lipinski definition) is 0. The number of oxime groups is 1. The fraction of sp³-hybridized carbons (Fsp3) is 0.300. The molecule has 0 saturated carbocycles. The molecule has 0 amide bonds. The average molecular weight is 179 g/mol. The molecular formula is C10H13NO2. The normalized spacial score (nSPS) is 13.2. The van der Waals surface area contributed by atoms with Gasteiger partial charge in [-0.2, -0.15) is 0 Å². The van der Waals surface area contributed by atoms with Crippen molar-refractivity contribution in [1.29, 1.82) is 0 Å². The molecule has 3 nitrogen and oxygen atoms in total. The molecule has 0 radical (unpaired) electrons. The van der Waals surface area contributed by atoms with Crippen LogP contribution in [0, 0.1) is 0 Å². The van der Waals surface area contributed by atoms with Crippen molar-refractivity contribution in [1.82, 2.24) is 0 Å².